The van der Waals surface area contributed by atoms with Gasteiger partial charge in [-0.1, -0.05) is 58.0 Å². The lowest BCUT2D eigenvalue weighted by molar-refractivity contribution is 0.396. The number of halogens is 1. The minimum Gasteiger partial charge on any atom is -0.507 e. The predicted octanol–water partition coefficient (Wildman–Crippen LogP) is 5.63. The number of para-hydroxylation sites is 2. The largest absolute Gasteiger partial charge is 0.507 e. The highest BCUT2D eigenvalue weighted by molar-refractivity contribution is 9.10. The van der Waals surface area contributed by atoms with Gasteiger partial charge in [0.2, 0.25) is 11.8 Å². The number of hydrogen-bond acceptors (Lipinski definition) is 8. The van der Waals surface area contributed by atoms with Crippen molar-refractivity contribution in [1.29, 1.82) is 0 Å². The first kappa shape index (κ1) is 32.6. The lowest BCUT2D eigenvalue weighted by atomic mass is 9.81. The van der Waals surface area contributed by atoms with Crippen LogP contribution in [0.1, 0.15) is 50.7 Å². The second kappa shape index (κ2) is 15.9. The molecule has 2 aromatic carbocycles. The second-order valence-electron chi connectivity index (χ2n) is 9.32. The summed E-state index contributed by atoms with van der Waals surface area (Å²) in [7, 11) is 1.58. The van der Waals surface area contributed by atoms with Gasteiger partial charge in [0.15, 0.2) is 0 Å². The molecule has 0 saturated heterocycles. The van der Waals surface area contributed by atoms with Crippen LogP contribution in [0, 0.1) is 0 Å². The van der Waals surface area contributed by atoms with E-state index in [9.17, 15) is 10.2 Å². The molecule has 0 fully saturated rings. The van der Waals surface area contributed by atoms with Crippen LogP contribution in [0.3, 0.4) is 0 Å². The van der Waals surface area contributed by atoms with Crippen LogP contribution >= 0.6 is 15.9 Å². The molecule has 0 amide bonds. The van der Waals surface area contributed by atoms with Crippen molar-refractivity contribution in [3.8, 4) is 34.4 Å². The average molecular weight is 611 g/mol. The fraction of sp³-hybridized carbons (Fsp3) is 0.267. The van der Waals surface area contributed by atoms with E-state index in [1.165, 1.54) is 25.4 Å². The van der Waals surface area contributed by atoms with Gasteiger partial charge in [0.05, 0.1) is 18.7 Å². The first-order chi connectivity index (χ1) is 19.0. The van der Waals surface area contributed by atoms with Crippen molar-refractivity contribution in [1.82, 2.24) is 9.97 Å². The predicted molar refractivity (Wildman–Crippen MR) is 162 cm³/mol. The number of pyridine rings is 2. The lowest BCUT2D eigenvalue weighted by Gasteiger charge is -2.12. The van der Waals surface area contributed by atoms with Crippen LogP contribution in [0.25, 0.3) is 11.1 Å². The number of ether oxygens (including phenoxy) is 2. The molecule has 40 heavy (non-hydrogen) atoms. The van der Waals surface area contributed by atoms with Gasteiger partial charge >= 0.3 is 7.12 Å². The van der Waals surface area contributed by atoms with Gasteiger partial charge in [-0.3, -0.25) is 0 Å². The SMILES string of the molecule is CC(C)c1cccc(Br)c1O.COc1cc(-c2cccc(C(C)C)c2O)ccn1.COc1cc(B(O)O)ccn1. The van der Waals surface area contributed by atoms with Gasteiger partial charge in [0.25, 0.3) is 0 Å². The van der Waals surface area contributed by atoms with Crippen LogP contribution < -0.4 is 14.9 Å². The zero-order chi connectivity index (χ0) is 29.8. The van der Waals surface area contributed by atoms with E-state index in [1.54, 1.807) is 13.3 Å². The van der Waals surface area contributed by atoms with E-state index >= 15 is 0 Å². The van der Waals surface area contributed by atoms with E-state index in [1.807, 2.05) is 48.5 Å². The third kappa shape index (κ3) is 9.26. The third-order valence-electron chi connectivity index (χ3n) is 5.85. The van der Waals surface area contributed by atoms with Crippen LogP contribution in [0.2, 0.25) is 0 Å². The number of aromatic hydroxyl groups is 2. The Balaban J connectivity index is 0.000000222. The molecule has 0 aliphatic carbocycles. The molecule has 0 unspecified atom stereocenters. The standard InChI is InChI=1S/C15H17NO2.C9H11BrO.C6H8BNO3/c1-10(2)12-5-4-6-13(15(12)17)11-7-8-16-14(9-11)18-3;1-6(2)7-4-3-5-8(10)9(7)11;1-11-6-4-5(7(9)10)2-3-8-6/h4-10,17H,1-3H3;3-6,11H,1-2H3;2-4,9-10H,1H3. The molecular weight excluding hydrogens is 575 g/mol. The molecular formula is C30H36BBrN2O6. The summed E-state index contributed by atoms with van der Waals surface area (Å²) in [4.78, 5) is 7.86. The third-order valence-corrected chi connectivity index (χ3v) is 6.49. The van der Waals surface area contributed by atoms with Crippen molar-refractivity contribution in [3.63, 3.8) is 0 Å². The zero-order valence-electron chi connectivity index (χ0n) is 23.5. The van der Waals surface area contributed by atoms with E-state index in [4.69, 9.17) is 19.5 Å². The smallest absolute Gasteiger partial charge is 0.488 e. The van der Waals surface area contributed by atoms with Crippen molar-refractivity contribution in [2.75, 3.05) is 14.2 Å². The number of methoxy groups -OCH3 is 2. The number of benzene rings is 2. The lowest BCUT2D eigenvalue weighted by Crippen LogP contribution is -2.29. The van der Waals surface area contributed by atoms with Crippen molar-refractivity contribution in [2.24, 2.45) is 0 Å². The van der Waals surface area contributed by atoms with Crippen LogP contribution in [-0.2, 0) is 0 Å². The fourth-order valence-electron chi connectivity index (χ4n) is 3.64. The molecule has 0 radical (unpaired) electrons. The molecule has 4 aromatic rings. The maximum atomic E-state index is 10.3. The monoisotopic (exact) mass is 610 g/mol. The fourth-order valence-corrected chi connectivity index (χ4v) is 4.03. The van der Waals surface area contributed by atoms with Crippen molar-refractivity contribution < 1.29 is 29.7 Å². The summed E-state index contributed by atoms with van der Waals surface area (Å²) in [5, 5.41) is 37.3. The number of nitrogens with zero attached hydrogens (tertiary/aromatic N) is 2. The van der Waals surface area contributed by atoms with Gasteiger partial charge in [0, 0.05) is 30.1 Å². The highest BCUT2D eigenvalue weighted by atomic mass is 79.9. The Morgan fingerprint density at radius 2 is 1.25 bits per heavy atom. The molecule has 2 heterocycles. The van der Waals surface area contributed by atoms with E-state index in [-0.39, 0.29) is 5.92 Å². The Labute approximate surface area is 244 Å². The Hall–Kier alpha value is -3.60. The molecule has 0 aliphatic rings. The Kier molecular flexibility index (Phi) is 12.9. The Bertz CT molecular complexity index is 1370. The maximum absolute atomic E-state index is 10.3. The number of aromatic nitrogens is 2. The average Bonchev–Trinajstić information content (AvgIpc) is 2.95. The summed E-state index contributed by atoms with van der Waals surface area (Å²) in [5.74, 6) is 2.27. The molecule has 0 atom stereocenters. The molecule has 212 valence electrons. The molecule has 0 aliphatic heterocycles. The molecule has 2 aromatic heterocycles. The van der Waals surface area contributed by atoms with Crippen molar-refractivity contribution in [3.05, 3.63) is 88.7 Å². The van der Waals surface area contributed by atoms with E-state index in [2.05, 4.69) is 53.6 Å². The molecule has 10 heteroatoms. The normalized spacial score (nSPS) is 10.3. The summed E-state index contributed by atoms with van der Waals surface area (Å²) < 4.78 is 10.6. The van der Waals surface area contributed by atoms with Gasteiger partial charge in [-0.2, -0.15) is 0 Å². The van der Waals surface area contributed by atoms with Gasteiger partial charge in [-0.15, -0.1) is 0 Å². The summed E-state index contributed by atoms with van der Waals surface area (Å²) in [6, 6.07) is 18.2. The molecule has 0 spiro atoms. The highest BCUT2D eigenvalue weighted by Gasteiger charge is 2.12. The minimum absolute atomic E-state index is 0.286. The van der Waals surface area contributed by atoms with Gasteiger partial charge in [-0.25, -0.2) is 9.97 Å². The molecule has 4 N–H and O–H groups in total. The number of phenols is 2. The first-order valence-electron chi connectivity index (χ1n) is 12.7. The summed E-state index contributed by atoms with van der Waals surface area (Å²) in [6.45, 7) is 8.24. The summed E-state index contributed by atoms with van der Waals surface area (Å²) in [6.07, 6.45) is 3.13. The number of hydrogen-bond donors (Lipinski definition) is 4. The summed E-state index contributed by atoms with van der Waals surface area (Å²) >= 11 is 3.26. The first-order valence-corrected chi connectivity index (χ1v) is 13.4. The van der Waals surface area contributed by atoms with Crippen LogP contribution in [-0.4, -0.2) is 51.6 Å². The molecule has 4 rings (SSSR count). The summed E-state index contributed by atoms with van der Waals surface area (Å²) in [5.41, 5.74) is 4.02. The zero-order valence-corrected chi connectivity index (χ0v) is 25.1. The minimum atomic E-state index is -1.47. The van der Waals surface area contributed by atoms with Crippen LogP contribution in [0.5, 0.6) is 23.3 Å². The number of phenolic OH excluding ortho intramolecular Hbond substituents is 2. The van der Waals surface area contributed by atoms with E-state index < -0.39 is 7.12 Å². The topological polar surface area (TPSA) is 125 Å². The highest BCUT2D eigenvalue weighted by Crippen LogP contribution is 2.36. The maximum Gasteiger partial charge on any atom is 0.488 e. The molecule has 0 bridgehead atoms. The van der Waals surface area contributed by atoms with Gasteiger partial charge < -0.3 is 29.7 Å². The van der Waals surface area contributed by atoms with E-state index in [0.29, 0.717) is 34.6 Å². The quantitative estimate of drug-likeness (QED) is 0.207. The van der Waals surface area contributed by atoms with Gasteiger partial charge in [0.1, 0.15) is 11.5 Å². The van der Waals surface area contributed by atoms with Gasteiger partial charge in [-0.05, 0) is 68.1 Å². The number of rotatable bonds is 6. The Morgan fingerprint density at radius 3 is 1.77 bits per heavy atom. The molecule has 0 saturated carbocycles. The van der Waals surface area contributed by atoms with Crippen molar-refractivity contribution in [2.45, 2.75) is 39.5 Å². The van der Waals surface area contributed by atoms with Crippen LogP contribution in [0.4, 0.5) is 0 Å². The van der Waals surface area contributed by atoms with E-state index in [0.717, 1.165) is 26.7 Å². The van der Waals surface area contributed by atoms with Crippen LogP contribution in [0.15, 0.2) is 77.5 Å². The Morgan fingerprint density at radius 1 is 0.725 bits per heavy atom. The van der Waals surface area contributed by atoms with Crippen molar-refractivity contribution >= 4 is 28.5 Å². The second-order valence-corrected chi connectivity index (χ2v) is 10.2. The molecule has 8 nitrogen and oxygen atoms in total.